The molecule has 1 aliphatic rings. The molecule has 1 fully saturated rings. The van der Waals surface area contributed by atoms with Crippen LogP contribution in [0.5, 0.6) is 0 Å². The highest BCUT2D eigenvalue weighted by Gasteiger charge is 2.28. The molecule has 1 aliphatic heterocycles. The third kappa shape index (κ3) is 2.61. The van der Waals surface area contributed by atoms with E-state index in [-0.39, 0.29) is 17.8 Å². The van der Waals surface area contributed by atoms with E-state index in [4.69, 9.17) is 4.74 Å². The highest BCUT2D eigenvalue weighted by Crippen LogP contribution is 2.21. The van der Waals surface area contributed by atoms with Crippen molar-refractivity contribution in [3.05, 3.63) is 30.0 Å². The normalized spacial score (nSPS) is 16.1. The van der Waals surface area contributed by atoms with E-state index in [0.29, 0.717) is 31.5 Å². The first-order valence-corrected chi connectivity index (χ1v) is 6.99. The minimum atomic E-state index is -0.179. The van der Waals surface area contributed by atoms with E-state index in [1.54, 1.807) is 17.2 Å². The first-order chi connectivity index (χ1) is 10.2. The predicted octanol–water partition coefficient (Wildman–Crippen LogP) is 1.59. The average Bonchev–Trinajstić information content (AvgIpc) is 3.01. The topological polar surface area (TPSA) is 75.3 Å². The fourth-order valence-corrected chi connectivity index (χ4v) is 2.74. The Balaban J connectivity index is 1.70. The molecule has 6 nitrogen and oxygen atoms in total. The summed E-state index contributed by atoms with van der Waals surface area (Å²) in [5, 5.41) is 7.74. The van der Waals surface area contributed by atoms with Gasteiger partial charge in [-0.25, -0.2) is 0 Å². The zero-order valence-corrected chi connectivity index (χ0v) is 11.8. The van der Waals surface area contributed by atoms with Crippen LogP contribution < -0.4 is 0 Å². The molecule has 1 aromatic heterocycles. The Bertz CT molecular complexity index is 672. The summed E-state index contributed by atoms with van der Waals surface area (Å²) in [6.07, 6.45) is 3.02. The molecule has 3 rings (SSSR count). The standard InChI is InChI=1S/C15H17N3O3/c1-21-15(20)10-4-6-18(7-5-10)14(19)11-2-3-13-12(8-11)9-16-17-13/h2-3,8-10H,4-7H2,1H3,(H,16,17). The molecule has 1 N–H and O–H groups in total. The van der Waals surface area contributed by atoms with Crippen molar-refractivity contribution in [3.63, 3.8) is 0 Å². The van der Waals surface area contributed by atoms with Gasteiger partial charge in [-0.1, -0.05) is 0 Å². The molecule has 0 radical (unpaired) electrons. The number of carbonyl (C=O) groups excluding carboxylic acids is 2. The van der Waals surface area contributed by atoms with Gasteiger partial charge in [0.2, 0.25) is 0 Å². The summed E-state index contributed by atoms with van der Waals surface area (Å²) in [4.78, 5) is 25.8. The van der Waals surface area contributed by atoms with Gasteiger partial charge in [-0.2, -0.15) is 5.10 Å². The fourth-order valence-electron chi connectivity index (χ4n) is 2.74. The number of esters is 1. The van der Waals surface area contributed by atoms with Gasteiger partial charge >= 0.3 is 5.97 Å². The monoisotopic (exact) mass is 287 g/mol. The molecule has 0 saturated carbocycles. The molecule has 21 heavy (non-hydrogen) atoms. The minimum absolute atomic E-state index is 0.00131. The van der Waals surface area contributed by atoms with Gasteiger partial charge in [-0.15, -0.1) is 0 Å². The molecule has 1 amide bonds. The van der Waals surface area contributed by atoms with Gasteiger partial charge in [0.1, 0.15) is 0 Å². The zero-order valence-electron chi connectivity index (χ0n) is 11.8. The number of amides is 1. The number of benzene rings is 1. The summed E-state index contributed by atoms with van der Waals surface area (Å²) in [6, 6.07) is 5.50. The minimum Gasteiger partial charge on any atom is -0.469 e. The Kier molecular flexibility index (Phi) is 3.60. The molecule has 1 aromatic carbocycles. The first kappa shape index (κ1) is 13.6. The van der Waals surface area contributed by atoms with Crippen LogP contribution in [-0.4, -0.2) is 47.2 Å². The number of carbonyl (C=O) groups is 2. The van der Waals surface area contributed by atoms with E-state index < -0.39 is 0 Å². The number of rotatable bonds is 2. The number of hydrogen-bond acceptors (Lipinski definition) is 4. The zero-order chi connectivity index (χ0) is 14.8. The van der Waals surface area contributed by atoms with Crippen LogP contribution in [0.3, 0.4) is 0 Å². The lowest BCUT2D eigenvalue weighted by Gasteiger charge is -2.30. The number of fused-ring (bicyclic) bond motifs is 1. The van der Waals surface area contributed by atoms with Crippen LogP contribution in [-0.2, 0) is 9.53 Å². The first-order valence-electron chi connectivity index (χ1n) is 6.99. The maximum absolute atomic E-state index is 12.5. The quantitative estimate of drug-likeness (QED) is 0.851. The molecule has 6 heteroatoms. The second kappa shape index (κ2) is 5.55. The Hall–Kier alpha value is -2.37. The smallest absolute Gasteiger partial charge is 0.308 e. The van der Waals surface area contributed by atoms with Crippen LogP contribution in [0.25, 0.3) is 10.9 Å². The van der Waals surface area contributed by atoms with Gasteiger partial charge in [0, 0.05) is 24.0 Å². The Morgan fingerprint density at radius 3 is 2.81 bits per heavy atom. The van der Waals surface area contributed by atoms with E-state index in [9.17, 15) is 9.59 Å². The largest absolute Gasteiger partial charge is 0.469 e. The average molecular weight is 287 g/mol. The van der Waals surface area contributed by atoms with Crippen molar-refractivity contribution in [1.82, 2.24) is 15.1 Å². The summed E-state index contributed by atoms with van der Waals surface area (Å²) in [5.74, 6) is -0.265. The molecule has 0 spiro atoms. The van der Waals surface area contributed by atoms with Crippen LogP contribution in [0.1, 0.15) is 23.2 Å². The molecule has 2 heterocycles. The number of methoxy groups -OCH3 is 1. The molecule has 0 unspecified atom stereocenters. The van der Waals surface area contributed by atoms with Crippen molar-refractivity contribution in [2.75, 3.05) is 20.2 Å². The molecule has 0 atom stereocenters. The number of piperidine rings is 1. The number of nitrogens with one attached hydrogen (secondary N) is 1. The van der Waals surface area contributed by atoms with E-state index in [1.807, 2.05) is 12.1 Å². The summed E-state index contributed by atoms with van der Waals surface area (Å²) in [5.41, 5.74) is 1.57. The van der Waals surface area contributed by atoms with Crippen molar-refractivity contribution < 1.29 is 14.3 Å². The highest BCUT2D eigenvalue weighted by atomic mass is 16.5. The SMILES string of the molecule is COC(=O)C1CCN(C(=O)c2ccc3[nH]ncc3c2)CC1. The van der Waals surface area contributed by atoms with E-state index in [2.05, 4.69) is 10.2 Å². The van der Waals surface area contributed by atoms with Crippen molar-refractivity contribution >= 4 is 22.8 Å². The number of hydrogen-bond donors (Lipinski definition) is 1. The number of ether oxygens (including phenoxy) is 1. The summed E-state index contributed by atoms with van der Waals surface area (Å²) in [7, 11) is 1.40. The number of H-pyrrole nitrogens is 1. The molecular weight excluding hydrogens is 270 g/mol. The van der Waals surface area contributed by atoms with E-state index >= 15 is 0 Å². The second-order valence-electron chi connectivity index (χ2n) is 5.26. The summed E-state index contributed by atoms with van der Waals surface area (Å²) < 4.78 is 4.76. The van der Waals surface area contributed by atoms with Crippen molar-refractivity contribution in [1.29, 1.82) is 0 Å². The number of likely N-dealkylation sites (tertiary alicyclic amines) is 1. The predicted molar refractivity (Wildman–Crippen MR) is 76.7 cm³/mol. The fraction of sp³-hybridized carbons (Fsp3) is 0.400. The van der Waals surface area contributed by atoms with E-state index in [1.165, 1.54) is 7.11 Å². The van der Waals surface area contributed by atoms with Gasteiger partial charge in [-0.3, -0.25) is 14.7 Å². The van der Waals surface area contributed by atoms with Gasteiger partial charge < -0.3 is 9.64 Å². The van der Waals surface area contributed by atoms with Gasteiger partial charge in [0.15, 0.2) is 0 Å². The lowest BCUT2D eigenvalue weighted by atomic mass is 9.96. The Labute approximate surface area is 122 Å². The molecule has 2 aromatic rings. The van der Waals surface area contributed by atoms with Gasteiger partial charge in [0.25, 0.3) is 5.91 Å². The lowest BCUT2D eigenvalue weighted by molar-refractivity contribution is -0.146. The van der Waals surface area contributed by atoms with Crippen molar-refractivity contribution in [2.45, 2.75) is 12.8 Å². The van der Waals surface area contributed by atoms with Crippen LogP contribution >= 0.6 is 0 Å². The number of aromatic nitrogens is 2. The molecule has 0 aliphatic carbocycles. The third-order valence-electron chi connectivity index (χ3n) is 4.00. The molecular formula is C15H17N3O3. The molecule has 0 bridgehead atoms. The van der Waals surface area contributed by atoms with Crippen molar-refractivity contribution in [3.8, 4) is 0 Å². The summed E-state index contributed by atoms with van der Waals surface area (Å²) in [6.45, 7) is 1.17. The Morgan fingerprint density at radius 1 is 1.33 bits per heavy atom. The highest BCUT2D eigenvalue weighted by molar-refractivity contribution is 5.98. The number of aromatic amines is 1. The van der Waals surface area contributed by atoms with Gasteiger partial charge in [0.05, 0.1) is 24.7 Å². The maximum atomic E-state index is 12.5. The second-order valence-corrected chi connectivity index (χ2v) is 5.26. The summed E-state index contributed by atoms with van der Waals surface area (Å²) >= 11 is 0. The third-order valence-corrected chi connectivity index (χ3v) is 4.00. The molecule has 110 valence electrons. The van der Waals surface area contributed by atoms with Crippen molar-refractivity contribution in [2.24, 2.45) is 5.92 Å². The van der Waals surface area contributed by atoms with Crippen LogP contribution in [0.4, 0.5) is 0 Å². The maximum Gasteiger partial charge on any atom is 0.308 e. The van der Waals surface area contributed by atoms with Crippen LogP contribution in [0.2, 0.25) is 0 Å². The molecule has 1 saturated heterocycles. The Morgan fingerprint density at radius 2 is 2.10 bits per heavy atom. The lowest BCUT2D eigenvalue weighted by Crippen LogP contribution is -2.40. The van der Waals surface area contributed by atoms with Crippen LogP contribution in [0.15, 0.2) is 24.4 Å². The van der Waals surface area contributed by atoms with Gasteiger partial charge in [-0.05, 0) is 31.0 Å². The van der Waals surface area contributed by atoms with Crippen LogP contribution in [0, 0.1) is 5.92 Å². The number of nitrogens with zero attached hydrogens (tertiary/aromatic N) is 2. The van der Waals surface area contributed by atoms with E-state index in [0.717, 1.165) is 10.9 Å².